The number of rotatable bonds is 6. The predicted molar refractivity (Wildman–Crippen MR) is 79.5 cm³/mol. The number of carboxylic acids is 1. The second-order valence-electron chi connectivity index (χ2n) is 4.88. The summed E-state index contributed by atoms with van der Waals surface area (Å²) in [6.07, 6.45) is 1.43. The van der Waals surface area contributed by atoms with Crippen LogP contribution >= 0.6 is 11.6 Å². The number of hydrogen-bond acceptors (Lipinski definition) is 4. The second-order valence-corrected chi connectivity index (χ2v) is 5.32. The maximum atomic E-state index is 10.7. The molecule has 2 rings (SSSR count). The third kappa shape index (κ3) is 4.03. The van der Waals surface area contributed by atoms with Gasteiger partial charge in [0.15, 0.2) is 5.69 Å². The largest absolute Gasteiger partial charge is 0.476 e. The monoisotopic (exact) mass is 308 g/mol. The maximum absolute atomic E-state index is 10.7. The fraction of sp³-hybridized carbons (Fsp3) is 0.357. The first-order valence-electron chi connectivity index (χ1n) is 6.56. The van der Waals surface area contributed by atoms with E-state index in [1.165, 1.54) is 16.4 Å². The van der Waals surface area contributed by atoms with Gasteiger partial charge >= 0.3 is 5.97 Å². The van der Waals surface area contributed by atoms with Gasteiger partial charge in [-0.05, 0) is 31.7 Å². The third-order valence-electron chi connectivity index (χ3n) is 3.45. The van der Waals surface area contributed by atoms with Crippen LogP contribution in [0.1, 0.15) is 29.0 Å². The number of carboxylic acid groups (broad SMARTS) is 1. The summed E-state index contributed by atoms with van der Waals surface area (Å²) in [4.78, 5) is 12.9. The molecule has 1 aromatic heterocycles. The smallest absolute Gasteiger partial charge is 0.358 e. The Bertz CT molecular complexity index is 612. The lowest BCUT2D eigenvalue weighted by molar-refractivity contribution is 0.0690. The van der Waals surface area contributed by atoms with Gasteiger partial charge in [-0.25, -0.2) is 4.79 Å². The third-order valence-corrected chi connectivity index (χ3v) is 3.71. The van der Waals surface area contributed by atoms with Gasteiger partial charge in [-0.1, -0.05) is 28.9 Å². The summed E-state index contributed by atoms with van der Waals surface area (Å²) < 4.78 is 1.54. The van der Waals surface area contributed by atoms with Crippen molar-refractivity contribution in [2.45, 2.75) is 19.5 Å². The van der Waals surface area contributed by atoms with Crippen molar-refractivity contribution in [1.82, 2.24) is 19.9 Å². The molecule has 0 spiro atoms. The fourth-order valence-electron chi connectivity index (χ4n) is 1.96. The normalized spacial score (nSPS) is 12.6. The predicted octanol–water partition coefficient (Wildman–Crippen LogP) is 2.32. The summed E-state index contributed by atoms with van der Waals surface area (Å²) in [5, 5.41) is 16.9. The zero-order valence-corrected chi connectivity index (χ0v) is 12.7. The minimum atomic E-state index is -1.07. The standard InChI is InChI=1S/C14H17ClN4O2/c1-10(11-3-5-12(15)6-4-11)18(2)7-8-19-9-13(14(20)21)16-17-19/h3-6,9-10H,7-8H2,1-2H3,(H,20,21). The van der Waals surface area contributed by atoms with Gasteiger partial charge in [0.1, 0.15) is 0 Å². The van der Waals surface area contributed by atoms with E-state index in [2.05, 4.69) is 22.1 Å². The van der Waals surface area contributed by atoms with Crippen molar-refractivity contribution >= 4 is 17.6 Å². The van der Waals surface area contributed by atoms with Crippen LogP contribution < -0.4 is 0 Å². The Morgan fingerprint density at radius 1 is 1.43 bits per heavy atom. The highest BCUT2D eigenvalue weighted by Gasteiger charge is 2.13. The van der Waals surface area contributed by atoms with Crippen LogP contribution in [0.2, 0.25) is 5.02 Å². The molecule has 6 nitrogen and oxygen atoms in total. The lowest BCUT2D eigenvalue weighted by atomic mass is 10.1. The molecule has 0 bridgehead atoms. The first-order valence-corrected chi connectivity index (χ1v) is 6.94. The molecule has 1 unspecified atom stereocenters. The molecular weight excluding hydrogens is 292 g/mol. The van der Waals surface area contributed by atoms with Crippen LogP contribution in [0.3, 0.4) is 0 Å². The molecule has 0 radical (unpaired) electrons. The zero-order valence-electron chi connectivity index (χ0n) is 11.9. The van der Waals surface area contributed by atoms with Crippen molar-refractivity contribution < 1.29 is 9.90 Å². The number of benzene rings is 1. The number of halogens is 1. The van der Waals surface area contributed by atoms with Gasteiger partial charge in [-0.15, -0.1) is 5.10 Å². The molecule has 1 N–H and O–H groups in total. The van der Waals surface area contributed by atoms with Crippen LogP contribution in [0.25, 0.3) is 0 Å². The van der Waals surface area contributed by atoms with Gasteiger partial charge < -0.3 is 5.11 Å². The van der Waals surface area contributed by atoms with Crippen LogP contribution in [0.5, 0.6) is 0 Å². The van der Waals surface area contributed by atoms with Crippen molar-refractivity contribution in [2.24, 2.45) is 0 Å². The van der Waals surface area contributed by atoms with Gasteiger partial charge in [-0.2, -0.15) is 0 Å². The van der Waals surface area contributed by atoms with Gasteiger partial charge in [0.05, 0.1) is 12.7 Å². The first-order chi connectivity index (χ1) is 9.97. The highest BCUT2D eigenvalue weighted by atomic mass is 35.5. The molecular formula is C14H17ClN4O2. The van der Waals surface area contributed by atoms with Crippen LogP contribution in [0.4, 0.5) is 0 Å². The molecule has 0 aliphatic rings. The molecule has 0 fully saturated rings. The minimum absolute atomic E-state index is 0.0385. The van der Waals surface area contributed by atoms with Gasteiger partial charge in [0.25, 0.3) is 0 Å². The van der Waals surface area contributed by atoms with Crippen molar-refractivity contribution in [3.05, 3.63) is 46.7 Å². The van der Waals surface area contributed by atoms with Crippen LogP contribution in [0, 0.1) is 0 Å². The second kappa shape index (κ2) is 6.69. The number of aromatic carboxylic acids is 1. The average molecular weight is 309 g/mol. The van der Waals surface area contributed by atoms with E-state index in [0.29, 0.717) is 6.54 Å². The van der Waals surface area contributed by atoms with E-state index < -0.39 is 5.97 Å². The Labute approximate surface area is 127 Å². The summed E-state index contributed by atoms with van der Waals surface area (Å²) in [6, 6.07) is 7.98. The summed E-state index contributed by atoms with van der Waals surface area (Å²) in [5.74, 6) is -1.07. The summed E-state index contributed by atoms with van der Waals surface area (Å²) in [5.41, 5.74) is 1.13. The summed E-state index contributed by atoms with van der Waals surface area (Å²) in [6.45, 7) is 3.41. The van der Waals surface area contributed by atoms with Crippen LogP contribution in [-0.2, 0) is 6.54 Å². The highest BCUT2D eigenvalue weighted by molar-refractivity contribution is 6.30. The number of nitrogens with zero attached hydrogens (tertiary/aromatic N) is 4. The van der Waals surface area contributed by atoms with Gasteiger partial charge in [0, 0.05) is 17.6 Å². The van der Waals surface area contributed by atoms with E-state index in [0.717, 1.165) is 11.6 Å². The van der Waals surface area contributed by atoms with Gasteiger partial charge in [-0.3, -0.25) is 9.58 Å². The molecule has 112 valence electrons. The number of likely N-dealkylation sites (N-methyl/N-ethyl adjacent to an activating group) is 1. The average Bonchev–Trinajstić information content (AvgIpc) is 2.94. The minimum Gasteiger partial charge on any atom is -0.476 e. The Morgan fingerprint density at radius 3 is 2.67 bits per heavy atom. The molecule has 1 aromatic carbocycles. The molecule has 2 aromatic rings. The van der Waals surface area contributed by atoms with Crippen molar-refractivity contribution in [3.8, 4) is 0 Å². The highest BCUT2D eigenvalue weighted by Crippen LogP contribution is 2.20. The molecule has 1 atom stereocenters. The molecule has 0 saturated carbocycles. The Kier molecular flexibility index (Phi) is 4.93. The zero-order chi connectivity index (χ0) is 15.4. The van der Waals surface area contributed by atoms with E-state index in [-0.39, 0.29) is 11.7 Å². The van der Waals surface area contributed by atoms with Crippen molar-refractivity contribution in [1.29, 1.82) is 0 Å². The molecule has 0 aliphatic carbocycles. The quantitative estimate of drug-likeness (QED) is 0.886. The lowest BCUT2D eigenvalue weighted by Crippen LogP contribution is -2.26. The van der Waals surface area contributed by atoms with E-state index in [1.54, 1.807) is 0 Å². The summed E-state index contributed by atoms with van der Waals surface area (Å²) in [7, 11) is 2.01. The first kappa shape index (κ1) is 15.5. The van der Waals surface area contributed by atoms with Crippen LogP contribution in [0.15, 0.2) is 30.5 Å². The molecule has 1 heterocycles. The molecule has 0 aliphatic heterocycles. The Hall–Kier alpha value is -1.92. The van der Waals surface area contributed by atoms with Gasteiger partial charge in [0.2, 0.25) is 0 Å². The SMILES string of the molecule is CC(c1ccc(Cl)cc1)N(C)CCn1cc(C(=O)O)nn1. The maximum Gasteiger partial charge on any atom is 0.358 e. The van der Waals surface area contributed by atoms with E-state index in [1.807, 2.05) is 31.3 Å². The molecule has 21 heavy (non-hydrogen) atoms. The molecule has 7 heteroatoms. The lowest BCUT2D eigenvalue weighted by Gasteiger charge is -2.24. The van der Waals surface area contributed by atoms with E-state index >= 15 is 0 Å². The topological polar surface area (TPSA) is 71.2 Å². The molecule has 0 amide bonds. The Balaban J connectivity index is 1.92. The molecule has 0 saturated heterocycles. The Morgan fingerprint density at radius 2 is 2.10 bits per heavy atom. The summed E-state index contributed by atoms with van der Waals surface area (Å²) >= 11 is 5.88. The van der Waals surface area contributed by atoms with Crippen molar-refractivity contribution in [2.75, 3.05) is 13.6 Å². The van der Waals surface area contributed by atoms with Crippen molar-refractivity contribution in [3.63, 3.8) is 0 Å². The number of carbonyl (C=O) groups is 1. The number of hydrogen-bond donors (Lipinski definition) is 1. The van der Waals surface area contributed by atoms with Crippen LogP contribution in [-0.4, -0.2) is 44.6 Å². The van der Waals surface area contributed by atoms with E-state index in [4.69, 9.17) is 16.7 Å². The van der Waals surface area contributed by atoms with E-state index in [9.17, 15) is 4.79 Å². The fourth-order valence-corrected chi connectivity index (χ4v) is 2.08. The number of aromatic nitrogens is 3.